The average molecular weight is 419 g/mol. The number of esters is 1. The second-order valence-corrected chi connectivity index (χ2v) is 9.09. The standard InChI is InChI=1S/C26H30N2O3/c1-28-17-5-6-22(28)18-30-23-13-11-20(12-14-23)19-7-9-21(10-8-19)24-27-26(25(29)31-24)15-3-2-4-16-26/h7-14,22H,2-6,15-18H2,1H3/t22-/m0/s1. The second-order valence-electron chi connectivity index (χ2n) is 9.09. The van der Waals surface area contributed by atoms with Gasteiger partial charge < -0.3 is 14.4 Å². The molecule has 3 aliphatic rings. The molecule has 2 heterocycles. The molecule has 162 valence electrons. The van der Waals surface area contributed by atoms with Gasteiger partial charge in [0.1, 0.15) is 12.4 Å². The minimum atomic E-state index is -0.630. The summed E-state index contributed by atoms with van der Waals surface area (Å²) in [4.78, 5) is 19.6. The maximum Gasteiger partial charge on any atom is 0.340 e. The molecule has 2 aliphatic heterocycles. The van der Waals surface area contributed by atoms with Crippen molar-refractivity contribution in [3.63, 3.8) is 0 Å². The van der Waals surface area contributed by atoms with E-state index in [1.165, 1.54) is 19.3 Å². The molecule has 5 heteroatoms. The molecule has 1 aliphatic carbocycles. The molecule has 0 N–H and O–H groups in total. The van der Waals surface area contributed by atoms with E-state index in [1.807, 2.05) is 24.3 Å². The normalized spacial score (nSPS) is 23.1. The smallest absolute Gasteiger partial charge is 0.340 e. The zero-order valence-electron chi connectivity index (χ0n) is 18.2. The van der Waals surface area contributed by atoms with Crippen LogP contribution in [-0.4, -0.2) is 48.5 Å². The summed E-state index contributed by atoms with van der Waals surface area (Å²) in [6, 6.07) is 16.9. The van der Waals surface area contributed by atoms with Gasteiger partial charge in [0.2, 0.25) is 5.90 Å². The topological polar surface area (TPSA) is 51.1 Å². The molecule has 0 radical (unpaired) electrons. The Morgan fingerprint density at radius 1 is 0.968 bits per heavy atom. The van der Waals surface area contributed by atoms with Gasteiger partial charge in [0.15, 0.2) is 5.54 Å². The molecule has 0 aromatic heterocycles. The van der Waals surface area contributed by atoms with Crippen LogP contribution in [0.3, 0.4) is 0 Å². The lowest BCUT2D eigenvalue weighted by molar-refractivity contribution is -0.140. The van der Waals surface area contributed by atoms with Crippen LogP contribution in [0.25, 0.3) is 11.1 Å². The number of carbonyl (C=O) groups is 1. The van der Waals surface area contributed by atoms with Crippen LogP contribution in [-0.2, 0) is 9.53 Å². The summed E-state index contributed by atoms with van der Waals surface area (Å²) in [6.45, 7) is 1.91. The van der Waals surface area contributed by atoms with Gasteiger partial charge in [-0.3, -0.25) is 0 Å². The minimum Gasteiger partial charge on any atom is -0.492 e. The van der Waals surface area contributed by atoms with Crippen molar-refractivity contribution in [2.24, 2.45) is 4.99 Å². The Labute approximate surface area is 184 Å². The summed E-state index contributed by atoms with van der Waals surface area (Å²) in [5.41, 5.74) is 2.48. The molecule has 2 aromatic rings. The second kappa shape index (κ2) is 8.46. The van der Waals surface area contributed by atoms with E-state index in [9.17, 15) is 4.79 Å². The first-order valence-electron chi connectivity index (χ1n) is 11.5. The number of nitrogens with zero attached hydrogens (tertiary/aromatic N) is 2. The molecule has 0 amide bonds. The van der Waals surface area contributed by atoms with Crippen LogP contribution >= 0.6 is 0 Å². The largest absolute Gasteiger partial charge is 0.492 e. The Kier molecular flexibility index (Phi) is 5.53. The van der Waals surface area contributed by atoms with Crippen LogP contribution in [0.1, 0.15) is 50.5 Å². The molecule has 1 spiro atoms. The van der Waals surface area contributed by atoms with Gasteiger partial charge in [0, 0.05) is 11.6 Å². The number of cyclic esters (lactones) is 1. The molecule has 2 fully saturated rings. The highest BCUT2D eigenvalue weighted by molar-refractivity contribution is 6.08. The molecule has 2 aromatic carbocycles. The highest BCUT2D eigenvalue weighted by Crippen LogP contribution is 2.37. The molecule has 5 rings (SSSR count). The van der Waals surface area contributed by atoms with Crippen LogP contribution in [0.15, 0.2) is 53.5 Å². The SMILES string of the molecule is CN1CCC[C@H]1COc1ccc(-c2ccc(C3=NC4(CCCCC4)C(=O)O3)cc2)cc1. The van der Waals surface area contributed by atoms with E-state index in [0.29, 0.717) is 11.9 Å². The Morgan fingerprint density at radius 2 is 1.61 bits per heavy atom. The van der Waals surface area contributed by atoms with Gasteiger partial charge in [-0.2, -0.15) is 0 Å². The van der Waals surface area contributed by atoms with Crippen molar-refractivity contribution in [3.8, 4) is 16.9 Å². The summed E-state index contributed by atoms with van der Waals surface area (Å²) < 4.78 is 11.6. The monoisotopic (exact) mass is 418 g/mol. The van der Waals surface area contributed by atoms with Crippen molar-refractivity contribution in [3.05, 3.63) is 54.1 Å². The first-order valence-corrected chi connectivity index (χ1v) is 11.5. The fourth-order valence-electron chi connectivity index (χ4n) is 4.95. The third-order valence-corrected chi connectivity index (χ3v) is 7.00. The van der Waals surface area contributed by atoms with Crippen LogP contribution < -0.4 is 4.74 Å². The van der Waals surface area contributed by atoms with Gasteiger partial charge in [-0.15, -0.1) is 0 Å². The molecular weight excluding hydrogens is 388 g/mol. The third-order valence-electron chi connectivity index (χ3n) is 7.00. The van der Waals surface area contributed by atoms with E-state index in [2.05, 4.69) is 36.2 Å². The van der Waals surface area contributed by atoms with Crippen LogP contribution in [0, 0.1) is 0 Å². The van der Waals surface area contributed by atoms with Crippen LogP contribution in [0.5, 0.6) is 5.75 Å². The summed E-state index contributed by atoms with van der Waals surface area (Å²) in [5.74, 6) is 1.20. The maximum atomic E-state index is 12.5. The van der Waals surface area contributed by atoms with Gasteiger partial charge >= 0.3 is 5.97 Å². The van der Waals surface area contributed by atoms with Gasteiger partial charge in [0.05, 0.1) is 0 Å². The zero-order valence-corrected chi connectivity index (χ0v) is 18.2. The van der Waals surface area contributed by atoms with E-state index >= 15 is 0 Å². The highest BCUT2D eigenvalue weighted by atomic mass is 16.6. The Hall–Kier alpha value is -2.66. The number of aliphatic imine (C=N–C) groups is 1. The Bertz CT molecular complexity index is 959. The number of carbonyl (C=O) groups excluding carboxylic acids is 1. The van der Waals surface area contributed by atoms with E-state index < -0.39 is 5.54 Å². The number of likely N-dealkylation sites (tertiary alicyclic amines) is 1. The first kappa shape index (κ1) is 20.3. The fourth-order valence-corrected chi connectivity index (χ4v) is 4.95. The lowest BCUT2D eigenvalue weighted by Crippen LogP contribution is -2.35. The molecule has 5 nitrogen and oxygen atoms in total. The molecule has 1 atom stereocenters. The summed E-state index contributed by atoms with van der Waals surface area (Å²) in [7, 11) is 2.17. The van der Waals surface area contributed by atoms with E-state index in [1.54, 1.807) is 0 Å². The van der Waals surface area contributed by atoms with Gasteiger partial charge in [0.25, 0.3) is 0 Å². The van der Waals surface area contributed by atoms with Crippen molar-refractivity contribution in [2.75, 3.05) is 20.2 Å². The molecule has 0 unspecified atom stereocenters. The first-order chi connectivity index (χ1) is 15.1. The van der Waals surface area contributed by atoms with E-state index in [4.69, 9.17) is 14.5 Å². The quantitative estimate of drug-likeness (QED) is 0.653. The predicted octanol–water partition coefficient (Wildman–Crippen LogP) is 4.83. The van der Waals surface area contributed by atoms with Gasteiger partial charge in [-0.25, -0.2) is 9.79 Å². The summed E-state index contributed by atoms with van der Waals surface area (Å²) in [5, 5.41) is 0. The van der Waals surface area contributed by atoms with Crippen molar-refractivity contribution in [1.29, 1.82) is 0 Å². The number of benzene rings is 2. The van der Waals surface area contributed by atoms with Gasteiger partial charge in [-0.1, -0.05) is 43.5 Å². The molecular formula is C26H30N2O3. The Morgan fingerprint density at radius 3 is 2.26 bits per heavy atom. The zero-order chi connectivity index (χ0) is 21.3. The molecule has 1 saturated heterocycles. The average Bonchev–Trinajstić information content (AvgIpc) is 3.36. The summed E-state index contributed by atoms with van der Waals surface area (Å²) in [6.07, 6.45) is 7.34. The van der Waals surface area contributed by atoms with Crippen LogP contribution in [0.4, 0.5) is 0 Å². The van der Waals surface area contributed by atoms with E-state index in [0.717, 1.165) is 61.3 Å². The fraction of sp³-hybridized carbons (Fsp3) is 0.462. The number of rotatable bonds is 5. The number of hydrogen-bond acceptors (Lipinski definition) is 5. The van der Waals surface area contributed by atoms with Crippen molar-refractivity contribution < 1.29 is 14.3 Å². The number of ether oxygens (including phenoxy) is 2. The highest BCUT2D eigenvalue weighted by Gasteiger charge is 2.46. The Balaban J connectivity index is 1.25. The van der Waals surface area contributed by atoms with Crippen LogP contribution in [0.2, 0.25) is 0 Å². The summed E-state index contributed by atoms with van der Waals surface area (Å²) >= 11 is 0. The lowest BCUT2D eigenvalue weighted by Gasteiger charge is -2.25. The predicted molar refractivity (Wildman–Crippen MR) is 121 cm³/mol. The molecule has 1 saturated carbocycles. The van der Waals surface area contributed by atoms with Crippen molar-refractivity contribution >= 4 is 11.9 Å². The maximum absolute atomic E-state index is 12.5. The third kappa shape index (κ3) is 4.11. The number of hydrogen-bond donors (Lipinski definition) is 0. The van der Waals surface area contributed by atoms with Crippen molar-refractivity contribution in [1.82, 2.24) is 4.90 Å². The van der Waals surface area contributed by atoms with Crippen molar-refractivity contribution in [2.45, 2.75) is 56.5 Å². The van der Waals surface area contributed by atoms with E-state index in [-0.39, 0.29) is 5.97 Å². The molecule has 0 bridgehead atoms. The number of likely N-dealkylation sites (N-methyl/N-ethyl adjacent to an activating group) is 1. The minimum absolute atomic E-state index is 0.175. The lowest BCUT2D eigenvalue weighted by atomic mass is 9.83. The van der Waals surface area contributed by atoms with Gasteiger partial charge in [-0.05, 0) is 74.7 Å². The molecule has 31 heavy (non-hydrogen) atoms.